The Morgan fingerprint density at radius 2 is 2.00 bits per heavy atom. The molecule has 20 heavy (non-hydrogen) atoms. The van der Waals surface area contributed by atoms with Crippen LogP contribution in [0.5, 0.6) is 5.75 Å². The first kappa shape index (κ1) is 13.0. The molecule has 0 aliphatic carbocycles. The van der Waals surface area contributed by atoms with E-state index in [1.54, 1.807) is 0 Å². The molecule has 2 heterocycles. The van der Waals surface area contributed by atoms with Gasteiger partial charge in [0.15, 0.2) is 5.82 Å². The highest BCUT2D eigenvalue weighted by Gasteiger charge is 2.10. The van der Waals surface area contributed by atoms with Gasteiger partial charge in [-0.05, 0) is 40.2 Å². The summed E-state index contributed by atoms with van der Waals surface area (Å²) in [6.45, 7) is 0.421. The lowest BCUT2D eigenvalue weighted by molar-refractivity contribution is 0.295. The van der Waals surface area contributed by atoms with E-state index in [0.29, 0.717) is 6.61 Å². The molecule has 0 amide bonds. The lowest BCUT2D eigenvalue weighted by atomic mass is 10.3. The number of halogens is 1. The molecule has 0 fully saturated rings. The summed E-state index contributed by atoms with van der Waals surface area (Å²) in [5.74, 6) is 1.69. The average molecular weight is 332 g/mol. The summed E-state index contributed by atoms with van der Waals surface area (Å²) in [6, 6.07) is 13.8. The molecule has 0 bridgehead atoms. The van der Waals surface area contributed by atoms with E-state index >= 15 is 0 Å². The smallest absolute Gasteiger partial charge is 0.152 e. The standard InChI is InChI=1S/C15H14BrN3O/c1-17-11-7-8-13-15(16)18-14(19(13)9-11)10-20-12-5-3-2-4-6-12/h2-9,17H,10H2,1H3. The van der Waals surface area contributed by atoms with Crippen LogP contribution in [0.3, 0.4) is 0 Å². The maximum atomic E-state index is 5.76. The van der Waals surface area contributed by atoms with Crippen molar-refractivity contribution >= 4 is 27.1 Å². The summed E-state index contributed by atoms with van der Waals surface area (Å²) in [4.78, 5) is 4.51. The number of anilines is 1. The van der Waals surface area contributed by atoms with Gasteiger partial charge >= 0.3 is 0 Å². The fourth-order valence-electron chi connectivity index (χ4n) is 2.02. The van der Waals surface area contributed by atoms with Crippen LogP contribution in [0.15, 0.2) is 53.3 Å². The number of para-hydroxylation sites is 1. The van der Waals surface area contributed by atoms with E-state index in [-0.39, 0.29) is 0 Å². The Kier molecular flexibility index (Phi) is 3.60. The van der Waals surface area contributed by atoms with Gasteiger partial charge in [-0.2, -0.15) is 0 Å². The number of ether oxygens (including phenoxy) is 1. The molecule has 0 saturated heterocycles. The maximum absolute atomic E-state index is 5.76. The summed E-state index contributed by atoms with van der Waals surface area (Å²) < 4.78 is 8.61. The van der Waals surface area contributed by atoms with E-state index in [1.807, 2.05) is 60.1 Å². The van der Waals surface area contributed by atoms with E-state index in [0.717, 1.165) is 27.4 Å². The van der Waals surface area contributed by atoms with Crippen LogP contribution >= 0.6 is 15.9 Å². The zero-order chi connectivity index (χ0) is 13.9. The van der Waals surface area contributed by atoms with Crippen molar-refractivity contribution in [1.82, 2.24) is 9.38 Å². The van der Waals surface area contributed by atoms with Crippen molar-refractivity contribution in [2.24, 2.45) is 0 Å². The number of fused-ring (bicyclic) bond motifs is 1. The number of benzene rings is 1. The zero-order valence-electron chi connectivity index (χ0n) is 11.0. The second-order valence-electron chi connectivity index (χ2n) is 4.34. The molecule has 0 saturated carbocycles. The highest BCUT2D eigenvalue weighted by molar-refractivity contribution is 9.10. The molecule has 3 rings (SSSR count). The molecule has 2 aromatic heterocycles. The largest absolute Gasteiger partial charge is 0.486 e. The Morgan fingerprint density at radius 3 is 2.75 bits per heavy atom. The first-order valence-corrected chi connectivity index (χ1v) is 7.09. The molecule has 0 radical (unpaired) electrons. The minimum absolute atomic E-state index is 0.421. The number of imidazole rings is 1. The predicted octanol–water partition coefficient (Wildman–Crippen LogP) is 3.72. The van der Waals surface area contributed by atoms with Crippen LogP contribution in [0.2, 0.25) is 0 Å². The van der Waals surface area contributed by atoms with E-state index in [1.165, 1.54) is 0 Å². The van der Waals surface area contributed by atoms with Gasteiger partial charge in [0.2, 0.25) is 0 Å². The number of nitrogens with one attached hydrogen (secondary N) is 1. The summed E-state index contributed by atoms with van der Waals surface area (Å²) in [5.41, 5.74) is 2.05. The monoisotopic (exact) mass is 331 g/mol. The first-order valence-electron chi connectivity index (χ1n) is 6.30. The number of hydrogen-bond acceptors (Lipinski definition) is 3. The van der Waals surface area contributed by atoms with Crippen molar-refractivity contribution in [1.29, 1.82) is 0 Å². The van der Waals surface area contributed by atoms with Crippen molar-refractivity contribution in [3.05, 3.63) is 59.1 Å². The van der Waals surface area contributed by atoms with E-state index in [4.69, 9.17) is 4.74 Å². The topological polar surface area (TPSA) is 38.6 Å². The van der Waals surface area contributed by atoms with Gasteiger partial charge < -0.3 is 10.1 Å². The second kappa shape index (κ2) is 5.54. The fourth-order valence-corrected chi connectivity index (χ4v) is 2.55. The van der Waals surface area contributed by atoms with Crippen molar-refractivity contribution in [3.63, 3.8) is 0 Å². The van der Waals surface area contributed by atoms with Crippen LogP contribution in [-0.4, -0.2) is 16.4 Å². The van der Waals surface area contributed by atoms with Crippen molar-refractivity contribution in [2.45, 2.75) is 6.61 Å². The molecule has 0 aliphatic rings. The van der Waals surface area contributed by atoms with Crippen LogP contribution in [0.25, 0.3) is 5.52 Å². The summed E-state index contributed by atoms with van der Waals surface area (Å²) in [7, 11) is 1.90. The summed E-state index contributed by atoms with van der Waals surface area (Å²) >= 11 is 3.48. The van der Waals surface area contributed by atoms with E-state index in [2.05, 4.69) is 26.2 Å². The van der Waals surface area contributed by atoms with Gasteiger partial charge in [0, 0.05) is 13.2 Å². The number of aromatic nitrogens is 2. The molecular weight excluding hydrogens is 318 g/mol. The van der Waals surface area contributed by atoms with E-state index < -0.39 is 0 Å². The van der Waals surface area contributed by atoms with Gasteiger partial charge in [-0.15, -0.1) is 0 Å². The van der Waals surface area contributed by atoms with Gasteiger partial charge in [-0.3, -0.25) is 4.40 Å². The molecule has 1 N–H and O–H groups in total. The minimum atomic E-state index is 0.421. The molecule has 4 nitrogen and oxygen atoms in total. The van der Waals surface area contributed by atoms with Gasteiger partial charge in [-0.25, -0.2) is 4.98 Å². The zero-order valence-corrected chi connectivity index (χ0v) is 12.6. The van der Waals surface area contributed by atoms with Crippen LogP contribution in [0.4, 0.5) is 5.69 Å². The summed E-state index contributed by atoms with van der Waals surface area (Å²) in [5, 5.41) is 3.12. The third-order valence-electron chi connectivity index (χ3n) is 3.06. The second-order valence-corrected chi connectivity index (χ2v) is 5.09. The maximum Gasteiger partial charge on any atom is 0.152 e. The third kappa shape index (κ3) is 2.49. The Balaban J connectivity index is 1.91. The van der Waals surface area contributed by atoms with Gasteiger partial charge in [0.25, 0.3) is 0 Å². The normalized spacial score (nSPS) is 10.7. The molecule has 3 aromatic rings. The molecule has 5 heteroatoms. The Hall–Kier alpha value is -2.01. The molecular formula is C15H14BrN3O. The van der Waals surface area contributed by atoms with Crippen molar-refractivity contribution in [2.75, 3.05) is 12.4 Å². The molecule has 0 unspecified atom stereocenters. The number of nitrogens with zero attached hydrogens (tertiary/aromatic N) is 2. The molecule has 102 valence electrons. The summed E-state index contributed by atoms with van der Waals surface area (Å²) in [6.07, 6.45) is 2.01. The quantitative estimate of drug-likeness (QED) is 0.791. The fraction of sp³-hybridized carbons (Fsp3) is 0.133. The Morgan fingerprint density at radius 1 is 1.20 bits per heavy atom. The molecule has 1 aromatic carbocycles. The highest BCUT2D eigenvalue weighted by Crippen LogP contribution is 2.22. The molecule has 0 atom stereocenters. The van der Waals surface area contributed by atoms with Crippen LogP contribution in [-0.2, 0) is 6.61 Å². The molecule has 0 aliphatic heterocycles. The van der Waals surface area contributed by atoms with Crippen LogP contribution in [0.1, 0.15) is 5.82 Å². The van der Waals surface area contributed by atoms with Gasteiger partial charge in [-0.1, -0.05) is 18.2 Å². The average Bonchev–Trinajstić information content (AvgIpc) is 2.82. The number of hydrogen-bond donors (Lipinski definition) is 1. The van der Waals surface area contributed by atoms with Crippen LogP contribution < -0.4 is 10.1 Å². The lowest BCUT2D eigenvalue weighted by Crippen LogP contribution is -2.02. The van der Waals surface area contributed by atoms with Crippen molar-refractivity contribution < 1.29 is 4.74 Å². The SMILES string of the molecule is CNc1ccc2c(Br)nc(COc3ccccc3)n2c1. The Labute approximate surface area is 125 Å². The van der Waals surface area contributed by atoms with Crippen LogP contribution in [0, 0.1) is 0 Å². The lowest BCUT2D eigenvalue weighted by Gasteiger charge is -2.06. The number of pyridine rings is 1. The number of rotatable bonds is 4. The molecule has 0 spiro atoms. The third-order valence-corrected chi connectivity index (χ3v) is 3.65. The highest BCUT2D eigenvalue weighted by atomic mass is 79.9. The first-order chi connectivity index (χ1) is 9.78. The van der Waals surface area contributed by atoms with Crippen molar-refractivity contribution in [3.8, 4) is 5.75 Å². The Bertz CT molecular complexity index is 725. The minimum Gasteiger partial charge on any atom is -0.486 e. The van der Waals surface area contributed by atoms with Gasteiger partial charge in [0.1, 0.15) is 17.0 Å². The predicted molar refractivity (Wildman–Crippen MR) is 83.2 cm³/mol. The van der Waals surface area contributed by atoms with E-state index in [9.17, 15) is 0 Å². The van der Waals surface area contributed by atoms with Gasteiger partial charge in [0.05, 0.1) is 11.2 Å².